The second kappa shape index (κ2) is 7.46. The molecule has 0 spiro atoms. The maximum atomic E-state index is 12.9. The summed E-state index contributed by atoms with van der Waals surface area (Å²) in [6.07, 6.45) is 0. The van der Waals surface area contributed by atoms with Gasteiger partial charge >= 0.3 is 0 Å². The molecule has 2 atom stereocenters. The lowest BCUT2D eigenvalue weighted by Crippen LogP contribution is -2.28. The summed E-state index contributed by atoms with van der Waals surface area (Å²) in [5.74, 6) is -0.187. The highest BCUT2D eigenvalue weighted by Crippen LogP contribution is 2.32. The van der Waals surface area contributed by atoms with Gasteiger partial charge in [-0.3, -0.25) is 0 Å². The van der Waals surface area contributed by atoms with Crippen LogP contribution in [0.3, 0.4) is 0 Å². The number of nitrogens with one attached hydrogen (secondary N) is 1. The van der Waals surface area contributed by atoms with Gasteiger partial charge in [0.05, 0.1) is 0 Å². The smallest absolute Gasteiger partial charge is 0.123 e. The van der Waals surface area contributed by atoms with Gasteiger partial charge in [-0.15, -0.1) is 11.8 Å². The van der Waals surface area contributed by atoms with E-state index >= 15 is 0 Å². The summed E-state index contributed by atoms with van der Waals surface area (Å²) in [4.78, 5) is 1.10. The maximum Gasteiger partial charge on any atom is 0.123 e. The normalized spacial score (nSPS) is 13.9. The van der Waals surface area contributed by atoms with Crippen molar-refractivity contribution < 1.29 is 4.39 Å². The lowest BCUT2D eigenvalue weighted by atomic mass is 10.0. The van der Waals surface area contributed by atoms with Crippen LogP contribution >= 0.6 is 11.8 Å². The van der Waals surface area contributed by atoms with Crippen LogP contribution in [0.5, 0.6) is 0 Å². The Morgan fingerprint density at radius 1 is 1.05 bits per heavy atom. The van der Waals surface area contributed by atoms with E-state index in [1.807, 2.05) is 18.2 Å². The van der Waals surface area contributed by atoms with Gasteiger partial charge in [-0.2, -0.15) is 0 Å². The summed E-state index contributed by atoms with van der Waals surface area (Å²) in [5, 5.41) is 3.90. The van der Waals surface area contributed by atoms with Gasteiger partial charge in [0.25, 0.3) is 0 Å². The molecule has 0 bridgehead atoms. The number of halogens is 1. The first-order chi connectivity index (χ1) is 9.70. The molecule has 2 rings (SSSR count). The van der Waals surface area contributed by atoms with Gasteiger partial charge in [-0.05, 0) is 36.4 Å². The molecule has 20 heavy (non-hydrogen) atoms. The van der Waals surface area contributed by atoms with Crippen molar-refractivity contribution >= 4 is 11.8 Å². The topological polar surface area (TPSA) is 12.0 Å². The molecule has 0 heterocycles. The van der Waals surface area contributed by atoms with E-state index in [1.165, 1.54) is 17.7 Å². The molecule has 0 aliphatic rings. The number of thioether (sulfide) groups is 1. The highest BCUT2D eigenvalue weighted by molar-refractivity contribution is 8.00. The van der Waals surface area contributed by atoms with Crippen molar-refractivity contribution in [2.45, 2.75) is 30.0 Å². The fourth-order valence-corrected chi connectivity index (χ4v) is 3.34. The molecular weight excluding hydrogens is 269 g/mol. The molecule has 106 valence electrons. The summed E-state index contributed by atoms with van der Waals surface area (Å²) in [6.45, 7) is 5.24. The zero-order chi connectivity index (χ0) is 14.4. The fourth-order valence-electron chi connectivity index (χ4n) is 2.23. The monoisotopic (exact) mass is 289 g/mol. The molecule has 0 aliphatic carbocycles. The van der Waals surface area contributed by atoms with E-state index in [9.17, 15) is 4.39 Å². The van der Waals surface area contributed by atoms with Crippen LogP contribution in [0.15, 0.2) is 59.5 Å². The SMILES string of the molecule is CCNC(c1ccccc1)C(C)Sc1ccc(F)cc1. The average Bonchev–Trinajstić information content (AvgIpc) is 2.48. The molecule has 2 aromatic carbocycles. The molecule has 0 saturated carbocycles. The molecule has 0 fully saturated rings. The van der Waals surface area contributed by atoms with Crippen molar-refractivity contribution in [3.05, 3.63) is 66.0 Å². The summed E-state index contributed by atoms with van der Waals surface area (Å²) in [5.41, 5.74) is 1.29. The molecule has 0 saturated heterocycles. The van der Waals surface area contributed by atoms with E-state index in [-0.39, 0.29) is 11.9 Å². The summed E-state index contributed by atoms with van der Waals surface area (Å²) in [6, 6.07) is 17.4. The zero-order valence-electron chi connectivity index (χ0n) is 11.8. The largest absolute Gasteiger partial charge is 0.309 e. The first-order valence-corrected chi connectivity index (χ1v) is 7.79. The molecule has 0 radical (unpaired) electrons. The van der Waals surface area contributed by atoms with Crippen LogP contribution in [-0.4, -0.2) is 11.8 Å². The Balaban J connectivity index is 2.11. The number of rotatable bonds is 6. The van der Waals surface area contributed by atoms with Crippen molar-refractivity contribution in [2.24, 2.45) is 0 Å². The van der Waals surface area contributed by atoms with E-state index in [0.29, 0.717) is 5.25 Å². The quantitative estimate of drug-likeness (QED) is 0.776. The Kier molecular flexibility index (Phi) is 5.62. The summed E-state index contributed by atoms with van der Waals surface area (Å²) in [7, 11) is 0. The zero-order valence-corrected chi connectivity index (χ0v) is 12.7. The molecular formula is C17H20FNS. The minimum atomic E-state index is -0.187. The third-order valence-electron chi connectivity index (χ3n) is 3.19. The molecule has 1 N–H and O–H groups in total. The van der Waals surface area contributed by atoms with Gasteiger partial charge in [0.1, 0.15) is 5.82 Å². The standard InChI is InChI=1S/C17H20FNS/c1-3-19-17(14-7-5-4-6-8-14)13(2)20-16-11-9-15(18)10-12-16/h4-13,17,19H,3H2,1-2H3. The summed E-state index contributed by atoms with van der Waals surface area (Å²) >= 11 is 1.77. The molecule has 2 unspecified atom stereocenters. The van der Waals surface area contributed by atoms with Gasteiger partial charge in [-0.25, -0.2) is 4.39 Å². The van der Waals surface area contributed by atoms with Crippen molar-refractivity contribution in [1.82, 2.24) is 5.32 Å². The van der Waals surface area contributed by atoms with Gasteiger partial charge < -0.3 is 5.32 Å². The molecule has 2 aromatic rings. The molecule has 0 aliphatic heterocycles. The van der Waals surface area contributed by atoms with Crippen LogP contribution in [0, 0.1) is 5.82 Å². The Morgan fingerprint density at radius 3 is 2.30 bits per heavy atom. The van der Waals surface area contributed by atoms with Crippen LogP contribution in [0.2, 0.25) is 0 Å². The predicted octanol–water partition coefficient (Wildman–Crippen LogP) is 4.66. The second-order valence-electron chi connectivity index (χ2n) is 4.72. The minimum absolute atomic E-state index is 0.187. The lowest BCUT2D eigenvalue weighted by Gasteiger charge is -2.25. The van der Waals surface area contributed by atoms with E-state index in [4.69, 9.17) is 0 Å². The molecule has 0 aromatic heterocycles. The third-order valence-corrected chi connectivity index (χ3v) is 4.38. The van der Waals surface area contributed by atoms with Crippen LogP contribution in [0.1, 0.15) is 25.5 Å². The molecule has 1 nitrogen and oxygen atoms in total. The highest BCUT2D eigenvalue weighted by atomic mass is 32.2. The Bertz CT molecular complexity index is 512. The number of hydrogen-bond donors (Lipinski definition) is 1. The average molecular weight is 289 g/mol. The van der Waals surface area contributed by atoms with Gasteiger partial charge in [0.2, 0.25) is 0 Å². The van der Waals surface area contributed by atoms with E-state index in [2.05, 4.69) is 43.4 Å². The van der Waals surface area contributed by atoms with Crippen molar-refractivity contribution in [1.29, 1.82) is 0 Å². The van der Waals surface area contributed by atoms with E-state index in [1.54, 1.807) is 11.8 Å². The third kappa shape index (κ3) is 4.09. The maximum absolute atomic E-state index is 12.9. The van der Waals surface area contributed by atoms with Crippen LogP contribution in [-0.2, 0) is 0 Å². The Hall–Kier alpha value is -1.32. The van der Waals surface area contributed by atoms with Crippen molar-refractivity contribution in [3.8, 4) is 0 Å². The molecule has 0 amide bonds. The number of hydrogen-bond acceptors (Lipinski definition) is 2. The van der Waals surface area contributed by atoms with Crippen LogP contribution in [0.25, 0.3) is 0 Å². The van der Waals surface area contributed by atoms with Gasteiger partial charge in [0.15, 0.2) is 0 Å². The first kappa shape index (κ1) is 15.1. The van der Waals surface area contributed by atoms with Crippen molar-refractivity contribution in [2.75, 3.05) is 6.54 Å². The predicted molar refractivity (Wildman–Crippen MR) is 84.6 cm³/mol. The Labute approximate surface area is 124 Å². The van der Waals surface area contributed by atoms with E-state index < -0.39 is 0 Å². The van der Waals surface area contributed by atoms with Gasteiger partial charge in [-0.1, -0.05) is 44.2 Å². The Morgan fingerprint density at radius 2 is 1.70 bits per heavy atom. The van der Waals surface area contributed by atoms with Gasteiger partial charge in [0, 0.05) is 16.2 Å². The highest BCUT2D eigenvalue weighted by Gasteiger charge is 2.19. The van der Waals surface area contributed by atoms with Crippen LogP contribution < -0.4 is 5.32 Å². The second-order valence-corrected chi connectivity index (χ2v) is 6.17. The fraction of sp³-hybridized carbons (Fsp3) is 0.294. The minimum Gasteiger partial charge on any atom is -0.309 e. The molecule has 3 heteroatoms. The van der Waals surface area contributed by atoms with Crippen molar-refractivity contribution in [3.63, 3.8) is 0 Å². The summed E-state index contributed by atoms with van der Waals surface area (Å²) < 4.78 is 12.9. The van der Waals surface area contributed by atoms with E-state index in [0.717, 1.165) is 11.4 Å². The number of benzene rings is 2. The first-order valence-electron chi connectivity index (χ1n) is 6.91. The lowest BCUT2D eigenvalue weighted by molar-refractivity contribution is 0.548. The van der Waals surface area contributed by atoms with Crippen LogP contribution in [0.4, 0.5) is 4.39 Å².